The van der Waals surface area contributed by atoms with Crippen molar-refractivity contribution in [2.24, 2.45) is 0 Å². The fourth-order valence-corrected chi connectivity index (χ4v) is 1.31. The summed E-state index contributed by atoms with van der Waals surface area (Å²) in [6, 6.07) is 10.9. The van der Waals surface area contributed by atoms with Gasteiger partial charge < -0.3 is 9.94 Å². The van der Waals surface area contributed by atoms with Crippen LogP contribution in [0.2, 0.25) is 0 Å². The Morgan fingerprint density at radius 3 is 2.00 bits per heavy atom. The first-order valence-corrected chi connectivity index (χ1v) is 5.13. The maximum absolute atomic E-state index is 10.8. The van der Waals surface area contributed by atoms with E-state index in [-0.39, 0.29) is 0 Å². The standard InChI is InChI=1S/C14H11NO2/c1-17-14-6-4-12(5-7-14)2-3-13-8-10-15(16)11-9-13/h4-11H,1H3. The lowest BCUT2D eigenvalue weighted by Gasteiger charge is -1.97. The zero-order chi connectivity index (χ0) is 12.1. The highest BCUT2D eigenvalue weighted by atomic mass is 16.5. The molecule has 1 aromatic carbocycles. The van der Waals surface area contributed by atoms with E-state index >= 15 is 0 Å². The lowest BCUT2D eigenvalue weighted by Crippen LogP contribution is -2.23. The van der Waals surface area contributed by atoms with Gasteiger partial charge in [0, 0.05) is 23.3 Å². The van der Waals surface area contributed by atoms with Crippen LogP contribution in [0.5, 0.6) is 5.75 Å². The van der Waals surface area contributed by atoms with Crippen LogP contribution in [-0.2, 0) is 0 Å². The first kappa shape index (κ1) is 11.0. The summed E-state index contributed by atoms with van der Waals surface area (Å²) in [6.45, 7) is 0. The summed E-state index contributed by atoms with van der Waals surface area (Å²) < 4.78 is 5.79. The largest absolute Gasteiger partial charge is 0.619 e. The van der Waals surface area contributed by atoms with E-state index in [9.17, 15) is 5.21 Å². The molecule has 0 spiro atoms. The van der Waals surface area contributed by atoms with Crippen molar-refractivity contribution in [2.45, 2.75) is 0 Å². The third kappa shape index (κ3) is 2.99. The molecule has 3 heteroatoms. The molecule has 1 aromatic heterocycles. The summed E-state index contributed by atoms with van der Waals surface area (Å²) in [5.74, 6) is 6.81. The van der Waals surface area contributed by atoms with E-state index in [1.807, 2.05) is 24.3 Å². The lowest BCUT2D eigenvalue weighted by molar-refractivity contribution is -0.605. The van der Waals surface area contributed by atoms with Crippen LogP contribution in [0.15, 0.2) is 48.8 Å². The summed E-state index contributed by atoms with van der Waals surface area (Å²) in [7, 11) is 1.63. The van der Waals surface area contributed by atoms with Crippen molar-refractivity contribution in [3.05, 3.63) is 65.1 Å². The average molecular weight is 225 g/mol. The fourth-order valence-electron chi connectivity index (χ4n) is 1.31. The minimum Gasteiger partial charge on any atom is -0.619 e. The normalized spacial score (nSPS) is 9.24. The van der Waals surface area contributed by atoms with Crippen LogP contribution in [0.4, 0.5) is 0 Å². The van der Waals surface area contributed by atoms with Gasteiger partial charge in [0.25, 0.3) is 0 Å². The molecular weight excluding hydrogens is 214 g/mol. The van der Waals surface area contributed by atoms with E-state index < -0.39 is 0 Å². The molecule has 0 fully saturated rings. The molecule has 84 valence electrons. The van der Waals surface area contributed by atoms with E-state index in [0.29, 0.717) is 0 Å². The SMILES string of the molecule is COc1ccc(C#Cc2cc[n+]([O-])cc2)cc1. The molecule has 0 saturated carbocycles. The Morgan fingerprint density at radius 1 is 0.941 bits per heavy atom. The van der Waals surface area contributed by atoms with Crippen LogP contribution in [0.25, 0.3) is 0 Å². The van der Waals surface area contributed by atoms with E-state index in [4.69, 9.17) is 4.74 Å². The van der Waals surface area contributed by atoms with E-state index in [1.54, 1.807) is 19.2 Å². The van der Waals surface area contributed by atoms with Gasteiger partial charge in [-0.25, -0.2) is 0 Å². The first-order chi connectivity index (χ1) is 8.28. The van der Waals surface area contributed by atoms with Crippen molar-refractivity contribution < 1.29 is 9.47 Å². The van der Waals surface area contributed by atoms with Gasteiger partial charge in [-0.1, -0.05) is 11.8 Å². The van der Waals surface area contributed by atoms with E-state index in [2.05, 4.69) is 11.8 Å². The molecule has 0 saturated heterocycles. The second-order valence-corrected chi connectivity index (χ2v) is 3.43. The Kier molecular flexibility index (Phi) is 3.27. The van der Waals surface area contributed by atoms with Gasteiger partial charge in [-0.3, -0.25) is 0 Å². The van der Waals surface area contributed by atoms with Gasteiger partial charge in [0.1, 0.15) is 5.75 Å². The monoisotopic (exact) mass is 225 g/mol. The average Bonchev–Trinajstić information content (AvgIpc) is 2.39. The predicted octanol–water partition coefficient (Wildman–Crippen LogP) is 1.73. The van der Waals surface area contributed by atoms with Crippen molar-refractivity contribution in [2.75, 3.05) is 7.11 Å². The maximum atomic E-state index is 10.8. The summed E-state index contributed by atoms with van der Waals surface area (Å²) in [5, 5.41) is 10.8. The van der Waals surface area contributed by atoms with Crippen molar-refractivity contribution >= 4 is 0 Å². The highest BCUT2D eigenvalue weighted by Gasteiger charge is 1.91. The Hall–Kier alpha value is -2.47. The number of benzene rings is 1. The number of aromatic nitrogens is 1. The van der Waals surface area contributed by atoms with Gasteiger partial charge in [0.05, 0.1) is 7.11 Å². The molecule has 0 bridgehead atoms. The van der Waals surface area contributed by atoms with Crippen LogP contribution < -0.4 is 9.47 Å². The highest BCUT2D eigenvalue weighted by Crippen LogP contribution is 2.10. The van der Waals surface area contributed by atoms with Gasteiger partial charge in [-0.15, -0.1) is 0 Å². The molecule has 0 aliphatic heterocycles. The minimum atomic E-state index is 0.735. The van der Waals surface area contributed by atoms with Crippen LogP contribution in [-0.4, -0.2) is 7.11 Å². The molecule has 2 aromatic rings. The van der Waals surface area contributed by atoms with Gasteiger partial charge in [-0.2, -0.15) is 4.73 Å². The smallest absolute Gasteiger partial charge is 0.181 e. The molecule has 3 nitrogen and oxygen atoms in total. The number of pyridine rings is 1. The van der Waals surface area contributed by atoms with Crippen LogP contribution in [0, 0.1) is 17.0 Å². The zero-order valence-corrected chi connectivity index (χ0v) is 9.38. The summed E-state index contributed by atoms with van der Waals surface area (Å²) in [4.78, 5) is 0. The fraction of sp³-hybridized carbons (Fsp3) is 0.0714. The third-order valence-electron chi connectivity index (χ3n) is 2.24. The van der Waals surface area contributed by atoms with Gasteiger partial charge in [0.15, 0.2) is 12.4 Å². The zero-order valence-electron chi connectivity index (χ0n) is 9.38. The molecule has 0 amide bonds. The molecule has 17 heavy (non-hydrogen) atoms. The number of hydrogen-bond acceptors (Lipinski definition) is 2. The number of ether oxygens (including phenoxy) is 1. The number of rotatable bonds is 1. The van der Waals surface area contributed by atoms with Crippen LogP contribution in [0.1, 0.15) is 11.1 Å². The highest BCUT2D eigenvalue weighted by molar-refractivity contribution is 5.43. The van der Waals surface area contributed by atoms with Crippen LogP contribution in [0.3, 0.4) is 0 Å². The molecule has 0 atom stereocenters. The first-order valence-electron chi connectivity index (χ1n) is 5.13. The lowest BCUT2D eigenvalue weighted by atomic mass is 10.2. The molecule has 0 aliphatic carbocycles. The van der Waals surface area contributed by atoms with Crippen molar-refractivity contribution in [1.82, 2.24) is 0 Å². The van der Waals surface area contributed by atoms with Gasteiger partial charge in [0.2, 0.25) is 0 Å². The Bertz CT molecular complexity index is 548. The molecule has 1 heterocycles. The topological polar surface area (TPSA) is 36.2 Å². The summed E-state index contributed by atoms with van der Waals surface area (Å²) >= 11 is 0. The number of hydrogen-bond donors (Lipinski definition) is 0. The molecule has 0 radical (unpaired) electrons. The third-order valence-corrected chi connectivity index (χ3v) is 2.24. The molecule has 0 aliphatic rings. The van der Waals surface area contributed by atoms with Gasteiger partial charge in [-0.05, 0) is 24.3 Å². The maximum Gasteiger partial charge on any atom is 0.181 e. The second-order valence-electron chi connectivity index (χ2n) is 3.43. The van der Waals surface area contributed by atoms with Crippen LogP contribution >= 0.6 is 0 Å². The molecule has 0 unspecified atom stereocenters. The molecular formula is C14H11NO2. The summed E-state index contributed by atoms with van der Waals surface area (Å²) in [6.07, 6.45) is 2.86. The molecule has 2 rings (SSSR count). The van der Waals surface area contributed by atoms with E-state index in [0.717, 1.165) is 21.6 Å². The van der Waals surface area contributed by atoms with Crippen molar-refractivity contribution in [3.63, 3.8) is 0 Å². The Balaban J connectivity index is 2.17. The van der Waals surface area contributed by atoms with Gasteiger partial charge >= 0.3 is 0 Å². The van der Waals surface area contributed by atoms with E-state index in [1.165, 1.54) is 12.4 Å². The second kappa shape index (κ2) is 5.04. The number of nitrogens with zero attached hydrogens (tertiary/aromatic N) is 1. The Labute approximate surface area is 99.9 Å². The molecule has 0 N–H and O–H groups in total. The van der Waals surface area contributed by atoms with Crippen molar-refractivity contribution in [3.8, 4) is 17.6 Å². The quantitative estimate of drug-likeness (QED) is 0.421. The Morgan fingerprint density at radius 2 is 1.47 bits per heavy atom. The number of methoxy groups -OCH3 is 1. The summed E-state index contributed by atoms with van der Waals surface area (Å²) in [5.41, 5.74) is 1.72. The van der Waals surface area contributed by atoms with Crippen molar-refractivity contribution in [1.29, 1.82) is 0 Å². The minimum absolute atomic E-state index is 0.735. The predicted molar refractivity (Wildman–Crippen MR) is 64.4 cm³/mol.